The van der Waals surface area contributed by atoms with Crippen LogP contribution in [-0.4, -0.2) is 98.4 Å². The third-order valence-electron chi connectivity index (χ3n) is 11.1. The monoisotopic (exact) mass is 693 g/mol. The number of rotatable bonds is 13. The van der Waals surface area contributed by atoms with Crippen molar-refractivity contribution in [2.24, 2.45) is 23.2 Å². The van der Waals surface area contributed by atoms with Crippen LogP contribution in [0.5, 0.6) is 0 Å². The first-order valence-corrected chi connectivity index (χ1v) is 18.6. The molecule has 0 spiro atoms. The van der Waals surface area contributed by atoms with Crippen LogP contribution in [0.25, 0.3) is 0 Å². The van der Waals surface area contributed by atoms with Crippen LogP contribution in [0.1, 0.15) is 116 Å². The number of amides is 5. The van der Waals surface area contributed by atoms with Crippen LogP contribution in [-0.2, 0) is 24.0 Å². The molecular formula is C37H55N7O6. The molecule has 13 nitrogen and oxygen atoms in total. The molecule has 0 radical (unpaired) electrons. The van der Waals surface area contributed by atoms with E-state index < -0.39 is 53.1 Å². The summed E-state index contributed by atoms with van der Waals surface area (Å²) in [6, 6.07) is -3.60. The van der Waals surface area contributed by atoms with Gasteiger partial charge in [0.25, 0.3) is 11.8 Å². The van der Waals surface area contributed by atoms with Crippen molar-refractivity contribution in [1.82, 2.24) is 35.7 Å². The normalized spacial score (nSPS) is 24.5. The quantitative estimate of drug-likeness (QED) is 0.265. The zero-order chi connectivity index (χ0) is 36.2. The predicted molar refractivity (Wildman–Crippen MR) is 185 cm³/mol. The van der Waals surface area contributed by atoms with Crippen molar-refractivity contribution in [1.29, 1.82) is 0 Å². The lowest BCUT2D eigenvalue weighted by Gasteiger charge is -2.39. The summed E-state index contributed by atoms with van der Waals surface area (Å²) in [5, 5.41) is 8.64. The molecule has 13 heteroatoms. The molecule has 1 unspecified atom stereocenters. The van der Waals surface area contributed by atoms with Gasteiger partial charge in [-0.05, 0) is 55.3 Å². The number of aromatic nitrogens is 2. The fraction of sp³-hybridized carbons (Fsp3) is 0.730. The molecule has 2 aliphatic carbocycles. The number of carbonyl (C=O) groups excluding carboxylic acids is 6. The third kappa shape index (κ3) is 8.69. The van der Waals surface area contributed by atoms with Crippen LogP contribution in [0.15, 0.2) is 18.6 Å². The van der Waals surface area contributed by atoms with E-state index in [1.807, 2.05) is 34.6 Å². The zero-order valence-electron chi connectivity index (χ0n) is 30.3. The number of carbonyl (C=O) groups is 6. The molecule has 2 bridgehead atoms. The first kappa shape index (κ1) is 37.4. The lowest BCUT2D eigenvalue weighted by molar-refractivity contribution is -0.153. The lowest BCUT2D eigenvalue weighted by Crippen LogP contribution is -2.62. The number of nitrogens with one attached hydrogen (secondary N) is 3. The molecule has 6 atom stereocenters. The van der Waals surface area contributed by atoms with Gasteiger partial charge in [-0.1, -0.05) is 73.1 Å². The van der Waals surface area contributed by atoms with Gasteiger partial charge in [0.1, 0.15) is 29.9 Å². The van der Waals surface area contributed by atoms with Crippen LogP contribution >= 0.6 is 0 Å². The smallest absolute Gasteiger partial charge is 0.289 e. The highest BCUT2D eigenvalue weighted by molar-refractivity contribution is 6.38. The lowest BCUT2D eigenvalue weighted by atomic mass is 9.83. The van der Waals surface area contributed by atoms with Gasteiger partial charge >= 0.3 is 0 Å². The summed E-state index contributed by atoms with van der Waals surface area (Å²) in [6.07, 6.45) is 13.1. The maximum Gasteiger partial charge on any atom is 0.289 e. The Kier molecular flexibility index (Phi) is 11.9. The molecule has 3 N–H and O–H groups in total. The molecule has 2 aliphatic heterocycles. The maximum absolute atomic E-state index is 14.6. The van der Waals surface area contributed by atoms with Crippen molar-refractivity contribution in [3.63, 3.8) is 0 Å². The minimum atomic E-state index is -0.996. The Balaban J connectivity index is 1.36. The minimum absolute atomic E-state index is 0.0113. The Morgan fingerprint density at radius 2 is 1.70 bits per heavy atom. The highest BCUT2D eigenvalue weighted by Gasteiger charge is 2.53. The zero-order valence-corrected chi connectivity index (χ0v) is 30.3. The van der Waals surface area contributed by atoms with Crippen LogP contribution in [0.3, 0.4) is 0 Å². The molecule has 2 saturated heterocycles. The molecule has 274 valence electrons. The molecule has 3 heterocycles. The molecule has 5 amide bonds. The molecule has 4 aliphatic rings. The summed E-state index contributed by atoms with van der Waals surface area (Å²) in [6.45, 7) is 10.2. The largest absolute Gasteiger partial charge is 0.347 e. The van der Waals surface area contributed by atoms with Crippen molar-refractivity contribution in [3.8, 4) is 0 Å². The van der Waals surface area contributed by atoms with Crippen molar-refractivity contribution in [2.75, 3.05) is 13.1 Å². The van der Waals surface area contributed by atoms with E-state index in [1.54, 1.807) is 4.90 Å². The van der Waals surface area contributed by atoms with Crippen LogP contribution < -0.4 is 16.0 Å². The fourth-order valence-corrected chi connectivity index (χ4v) is 7.94. The molecular weight excluding hydrogens is 638 g/mol. The first-order chi connectivity index (χ1) is 23.8. The Bertz CT molecular complexity index is 1420. The van der Waals surface area contributed by atoms with E-state index in [4.69, 9.17) is 0 Å². The van der Waals surface area contributed by atoms with E-state index >= 15 is 0 Å². The Morgan fingerprint density at radius 1 is 0.980 bits per heavy atom. The van der Waals surface area contributed by atoms with Gasteiger partial charge in [-0.2, -0.15) is 0 Å². The van der Waals surface area contributed by atoms with Gasteiger partial charge in [0.2, 0.25) is 23.5 Å². The van der Waals surface area contributed by atoms with Crippen molar-refractivity contribution in [3.05, 3.63) is 24.3 Å². The molecule has 50 heavy (non-hydrogen) atoms. The first-order valence-electron chi connectivity index (χ1n) is 18.6. The topological polar surface area (TPSA) is 171 Å². The number of Topliss-reactive ketones (excluding diaryl/α,β-unsaturated/α-hetero) is 1. The van der Waals surface area contributed by atoms with Gasteiger partial charge in [-0.15, -0.1) is 0 Å². The average molecular weight is 694 g/mol. The summed E-state index contributed by atoms with van der Waals surface area (Å²) in [7, 11) is 0. The predicted octanol–water partition coefficient (Wildman–Crippen LogP) is 2.79. The Morgan fingerprint density at radius 3 is 2.32 bits per heavy atom. The van der Waals surface area contributed by atoms with E-state index in [9.17, 15) is 28.8 Å². The van der Waals surface area contributed by atoms with Crippen molar-refractivity contribution in [2.45, 2.75) is 135 Å². The van der Waals surface area contributed by atoms with E-state index in [0.717, 1.165) is 44.9 Å². The second kappa shape index (κ2) is 16.0. The van der Waals surface area contributed by atoms with Gasteiger partial charge < -0.3 is 25.8 Å². The summed E-state index contributed by atoms with van der Waals surface area (Å²) >= 11 is 0. The Hall–Kier alpha value is -3.90. The van der Waals surface area contributed by atoms with E-state index in [2.05, 4.69) is 25.9 Å². The SMILES string of the molecule is CCCC(C(=O)C(=O)NC1CC1)N1CC[C@H]2CN(C(=O)[C@@H](NC(=O)[C@H](CC3CCCCC3)NC(=O)c3cnccn3)C(C)(C)C)[C@H](C1=O)[C@H]2C. The summed E-state index contributed by atoms with van der Waals surface area (Å²) in [5.74, 6) is -2.85. The van der Waals surface area contributed by atoms with Crippen LogP contribution in [0.2, 0.25) is 0 Å². The number of ketones is 1. The van der Waals surface area contributed by atoms with Crippen LogP contribution in [0.4, 0.5) is 0 Å². The Labute approximate surface area is 295 Å². The summed E-state index contributed by atoms with van der Waals surface area (Å²) in [4.78, 5) is 93.7. The maximum atomic E-state index is 14.6. The second-order valence-corrected chi connectivity index (χ2v) is 16.0. The highest BCUT2D eigenvalue weighted by atomic mass is 16.2. The van der Waals surface area contributed by atoms with Crippen molar-refractivity contribution >= 4 is 35.3 Å². The van der Waals surface area contributed by atoms with Crippen LogP contribution in [0, 0.1) is 23.2 Å². The van der Waals surface area contributed by atoms with Gasteiger partial charge in [-0.25, -0.2) is 4.98 Å². The minimum Gasteiger partial charge on any atom is -0.347 e. The van der Waals surface area contributed by atoms with Crippen molar-refractivity contribution < 1.29 is 28.8 Å². The number of hydrogen-bond donors (Lipinski definition) is 3. The van der Waals surface area contributed by atoms with E-state index in [1.165, 1.54) is 23.5 Å². The molecule has 0 aromatic carbocycles. The van der Waals surface area contributed by atoms with Gasteiger partial charge in [0.05, 0.1) is 6.20 Å². The number of likely N-dealkylation sites (tertiary alicyclic amines) is 2. The third-order valence-corrected chi connectivity index (χ3v) is 11.1. The van der Waals surface area contributed by atoms with Gasteiger partial charge in [0, 0.05) is 31.5 Å². The highest BCUT2D eigenvalue weighted by Crippen LogP contribution is 2.38. The van der Waals surface area contributed by atoms with E-state index in [0.29, 0.717) is 38.8 Å². The molecule has 5 rings (SSSR count). The number of hydrogen-bond acceptors (Lipinski definition) is 8. The standard InChI is InChI=1S/C37H55N7O6/c1-6-10-28(30(45)34(48)40-25-13-14-25)43-18-15-24-21-44(29(22(24)2)35(43)49)36(50)31(37(3,4)5)42-32(46)26(19-23-11-8-7-9-12-23)41-33(47)27-20-38-16-17-39-27/h16-17,20,22-26,28-29,31H,6-15,18-19,21H2,1-5H3,(H,40,48)(H,41,47)(H,42,46)/t22-,24-,26-,28?,29-,31+/m0/s1. The summed E-state index contributed by atoms with van der Waals surface area (Å²) < 4.78 is 0. The molecule has 1 aromatic heterocycles. The number of fused-ring (bicyclic) bond motifs is 2. The van der Waals surface area contributed by atoms with Gasteiger partial charge in [-0.3, -0.25) is 33.8 Å². The second-order valence-electron chi connectivity index (χ2n) is 16.0. The molecule has 4 fully saturated rings. The average Bonchev–Trinajstić information content (AvgIpc) is 3.86. The summed E-state index contributed by atoms with van der Waals surface area (Å²) in [5.41, 5.74) is -0.642. The fourth-order valence-electron chi connectivity index (χ4n) is 7.94. The molecule has 2 saturated carbocycles. The van der Waals surface area contributed by atoms with E-state index in [-0.39, 0.29) is 41.3 Å². The number of nitrogens with zero attached hydrogens (tertiary/aromatic N) is 4. The van der Waals surface area contributed by atoms with Gasteiger partial charge in [0.15, 0.2) is 0 Å². The molecule has 1 aromatic rings.